The van der Waals surface area contributed by atoms with Crippen LogP contribution in [0.3, 0.4) is 0 Å². The fourth-order valence-corrected chi connectivity index (χ4v) is 4.85. The number of ether oxygens (including phenoxy) is 1. The zero-order chi connectivity index (χ0) is 20.5. The molecule has 7 nitrogen and oxygen atoms in total. The van der Waals surface area contributed by atoms with Gasteiger partial charge in [-0.15, -0.1) is 0 Å². The molecule has 4 heterocycles. The van der Waals surface area contributed by atoms with E-state index < -0.39 is 0 Å². The summed E-state index contributed by atoms with van der Waals surface area (Å²) in [7, 11) is 0. The van der Waals surface area contributed by atoms with E-state index in [0.717, 1.165) is 50.0 Å². The maximum atomic E-state index is 13.1. The molecule has 3 aliphatic heterocycles. The smallest absolute Gasteiger partial charge is 0.274 e. The molecule has 158 valence electrons. The number of imidazole rings is 1. The molecule has 3 aliphatic rings. The number of nitrogens with zero attached hydrogens (tertiary/aromatic N) is 4. The summed E-state index contributed by atoms with van der Waals surface area (Å²) in [6.07, 6.45) is 5.43. The Bertz CT molecular complexity index is 912. The minimum absolute atomic E-state index is 0.0248. The highest BCUT2D eigenvalue weighted by molar-refractivity contribution is 5.93. The number of rotatable bonds is 3. The first kappa shape index (κ1) is 19.3. The second kappa shape index (κ2) is 8.22. The van der Waals surface area contributed by atoms with Gasteiger partial charge in [0.25, 0.3) is 5.91 Å². The van der Waals surface area contributed by atoms with E-state index in [-0.39, 0.29) is 23.8 Å². The third-order valence-corrected chi connectivity index (χ3v) is 6.65. The van der Waals surface area contributed by atoms with Crippen LogP contribution in [0, 0.1) is 5.92 Å². The Morgan fingerprint density at radius 1 is 0.967 bits per heavy atom. The number of likely N-dealkylation sites (tertiary alicyclic amines) is 2. The summed E-state index contributed by atoms with van der Waals surface area (Å²) in [6, 6.07) is 10.1. The molecule has 0 aliphatic carbocycles. The standard InChI is InChI=1S/C23H28N4O3/c28-22(25-10-4-5-11-25)18-8-12-26(13-9-18)23(29)21-19-15-30-20(14-27(19)16-24-21)17-6-2-1-3-7-17/h1-3,6-7,16,18,20H,4-5,8-15H2/t20-/m0/s1. The summed E-state index contributed by atoms with van der Waals surface area (Å²) >= 11 is 0. The van der Waals surface area contributed by atoms with E-state index in [4.69, 9.17) is 4.74 Å². The molecule has 0 N–H and O–H groups in total. The first-order chi connectivity index (χ1) is 14.7. The first-order valence-corrected chi connectivity index (χ1v) is 11.0. The Hall–Kier alpha value is -2.67. The normalized spacial score (nSPS) is 22.2. The van der Waals surface area contributed by atoms with Crippen LogP contribution in [0.15, 0.2) is 36.7 Å². The van der Waals surface area contributed by atoms with Crippen LogP contribution in [0.4, 0.5) is 0 Å². The lowest BCUT2D eigenvalue weighted by Crippen LogP contribution is -2.44. The number of hydrogen-bond acceptors (Lipinski definition) is 4. The summed E-state index contributed by atoms with van der Waals surface area (Å²) in [5, 5.41) is 0. The number of fused-ring (bicyclic) bond motifs is 1. The van der Waals surface area contributed by atoms with Crippen molar-refractivity contribution in [1.29, 1.82) is 0 Å². The molecule has 2 aromatic rings. The van der Waals surface area contributed by atoms with E-state index in [0.29, 0.717) is 31.9 Å². The van der Waals surface area contributed by atoms with Crippen molar-refractivity contribution in [2.45, 2.75) is 44.9 Å². The number of carbonyl (C=O) groups is 2. The highest BCUT2D eigenvalue weighted by atomic mass is 16.5. The summed E-state index contributed by atoms with van der Waals surface area (Å²) < 4.78 is 8.09. The van der Waals surface area contributed by atoms with Crippen LogP contribution < -0.4 is 0 Å². The minimum Gasteiger partial charge on any atom is -0.365 e. The second-order valence-electron chi connectivity index (χ2n) is 8.50. The molecule has 1 atom stereocenters. The van der Waals surface area contributed by atoms with Gasteiger partial charge in [-0.2, -0.15) is 0 Å². The van der Waals surface area contributed by atoms with E-state index in [1.807, 2.05) is 32.6 Å². The Labute approximate surface area is 176 Å². The van der Waals surface area contributed by atoms with Crippen molar-refractivity contribution in [3.63, 3.8) is 0 Å². The van der Waals surface area contributed by atoms with Gasteiger partial charge in [-0.3, -0.25) is 9.59 Å². The molecule has 2 saturated heterocycles. The fraction of sp³-hybridized carbons (Fsp3) is 0.522. The number of piperidine rings is 1. The lowest BCUT2D eigenvalue weighted by molar-refractivity contribution is -0.135. The van der Waals surface area contributed by atoms with Gasteiger partial charge in [0.15, 0.2) is 5.69 Å². The summed E-state index contributed by atoms with van der Waals surface area (Å²) in [4.78, 5) is 34.0. The number of carbonyl (C=O) groups excluding carboxylic acids is 2. The second-order valence-corrected chi connectivity index (χ2v) is 8.50. The quantitative estimate of drug-likeness (QED) is 0.783. The van der Waals surface area contributed by atoms with Gasteiger partial charge in [0.05, 0.1) is 25.2 Å². The molecule has 2 amide bonds. The topological polar surface area (TPSA) is 67.7 Å². The Morgan fingerprint density at radius 3 is 2.43 bits per heavy atom. The third kappa shape index (κ3) is 3.62. The zero-order valence-electron chi connectivity index (χ0n) is 17.2. The van der Waals surface area contributed by atoms with Crippen LogP contribution in [0.2, 0.25) is 0 Å². The van der Waals surface area contributed by atoms with Crippen LogP contribution in [0.25, 0.3) is 0 Å². The van der Waals surface area contributed by atoms with E-state index in [2.05, 4.69) is 17.1 Å². The summed E-state index contributed by atoms with van der Waals surface area (Å²) in [5.74, 6) is 0.287. The van der Waals surface area contributed by atoms with Gasteiger partial charge in [0, 0.05) is 32.1 Å². The lowest BCUT2D eigenvalue weighted by Gasteiger charge is -2.33. The molecular formula is C23H28N4O3. The monoisotopic (exact) mass is 408 g/mol. The predicted octanol–water partition coefficient (Wildman–Crippen LogP) is 2.63. The Balaban J connectivity index is 1.22. The Morgan fingerprint density at radius 2 is 1.70 bits per heavy atom. The van der Waals surface area contributed by atoms with Gasteiger partial charge < -0.3 is 19.1 Å². The molecule has 0 bridgehead atoms. The number of aromatic nitrogens is 2. The largest absolute Gasteiger partial charge is 0.365 e. The number of hydrogen-bond donors (Lipinski definition) is 0. The van der Waals surface area contributed by atoms with Gasteiger partial charge >= 0.3 is 0 Å². The van der Waals surface area contributed by atoms with Gasteiger partial charge in [0.2, 0.25) is 5.91 Å². The van der Waals surface area contributed by atoms with Crippen LogP contribution in [0.1, 0.15) is 53.5 Å². The van der Waals surface area contributed by atoms with E-state index in [9.17, 15) is 9.59 Å². The highest BCUT2D eigenvalue weighted by Gasteiger charge is 2.34. The SMILES string of the molecule is O=C(c1ncn2c1CO[C@H](c1ccccc1)C2)N1CCC(C(=O)N2CCCC2)CC1. The van der Waals surface area contributed by atoms with Crippen molar-refractivity contribution >= 4 is 11.8 Å². The van der Waals surface area contributed by atoms with Gasteiger partial charge in [0.1, 0.15) is 6.10 Å². The van der Waals surface area contributed by atoms with Gasteiger partial charge in [-0.1, -0.05) is 30.3 Å². The van der Waals surface area contributed by atoms with Crippen LogP contribution in [0.5, 0.6) is 0 Å². The number of amides is 2. The highest BCUT2D eigenvalue weighted by Crippen LogP contribution is 2.29. The fourth-order valence-electron chi connectivity index (χ4n) is 4.85. The molecule has 0 radical (unpaired) electrons. The Kier molecular flexibility index (Phi) is 5.29. The van der Waals surface area contributed by atoms with Crippen molar-refractivity contribution < 1.29 is 14.3 Å². The van der Waals surface area contributed by atoms with Crippen LogP contribution in [-0.2, 0) is 22.7 Å². The third-order valence-electron chi connectivity index (χ3n) is 6.65. The predicted molar refractivity (Wildman–Crippen MR) is 111 cm³/mol. The number of benzene rings is 1. The molecule has 5 rings (SSSR count). The van der Waals surface area contributed by atoms with Gasteiger partial charge in [-0.25, -0.2) is 4.98 Å². The summed E-state index contributed by atoms with van der Waals surface area (Å²) in [5.41, 5.74) is 2.47. The van der Waals surface area contributed by atoms with Crippen molar-refractivity contribution in [3.05, 3.63) is 53.6 Å². The van der Waals surface area contributed by atoms with E-state index >= 15 is 0 Å². The van der Waals surface area contributed by atoms with Crippen molar-refractivity contribution in [1.82, 2.24) is 19.4 Å². The van der Waals surface area contributed by atoms with Crippen molar-refractivity contribution in [3.8, 4) is 0 Å². The van der Waals surface area contributed by atoms with E-state index in [1.165, 1.54) is 0 Å². The molecule has 1 aromatic heterocycles. The molecule has 7 heteroatoms. The van der Waals surface area contributed by atoms with Crippen LogP contribution in [-0.4, -0.2) is 57.3 Å². The molecule has 0 spiro atoms. The molecular weight excluding hydrogens is 380 g/mol. The molecule has 30 heavy (non-hydrogen) atoms. The zero-order valence-corrected chi connectivity index (χ0v) is 17.2. The minimum atomic E-state index is -0.0439. The maximum absolute atomic E-state index is 13.1. The summed E-state index contributed by atoms with van der Waals surface area (Å²) in [6.45, 7) is 4.05. The van der Waals surface area contributed by atoms with E-state index in [1.54, 1.807) is 6.33 Å². The molecule has 2 fully saturated rings. The average molecular weight is 409 g/mol. The molecule has 1 aromatic carbocycles. The van der Waals surface area contributed by atoms with Gasteiger partial charge in [-0.05, 0) is 31.2 Å². The van der Waals surface area contributed by atoms with Crippen molar-refractivity contribution in [2.75, 3.05) is 26.2 Å². The maximum Gasteiger partial charge on any atom is 0.274 e. The van der Waals surface area contributed by atoms with Crippen LogP contribution >= 0.6 is 0 Å². The first-order valence-electron chi connectivity index (χ1n) is 11.0. The average Bonchev–Trinajstić information content (AvgIpc) is 3.49. The molecule has 0 saturated carbocycles. The lowest BCUT2D eigenvalue weighted by atomic mass is 9.95. The molecule has 0 unspecified atom stereocenters. The van der Waals surface area contributed by atoms with Crippen molar-refractivity contribution in [2.24, 2.45) is 5.92 Å².